The Hall–Kier alpha value is -2.45. The fraction of sp³-hybridized carbons (Fsp3) is 0.350. The van der Waals surface area contributed by atoms with Gasteiger partial charge in [0.1, 0.15) is 17.5 Å². The van der Waals surface area contributed by atoms with Gasteiger partial charge < -0.3 is 14.8 Å². The molecule has 2 aromatic carbocycles. The van der Waals surface area contributed by atoms with Crippen molar-refractivity contribution in [2.45, 2.75) is 32.9 Å². The summed E-state index contributed by atoms with van der Waals surface area (Å²) in [5.41, 5.74) is 0.792. The number of hydrogen-bond acceptors (Lipinski definition) is 5. The molecule has 0 aliphatic rings. The average Bonchev–Trinajstić information content (AvgIpc) is 2.62. The molecule has 7 nitrogen and oxygen atoms in total. The van der Waals surface area contributed by atoms with Gasteiger partial charge in [0.15, 0.2) is 0 Å². The third kappa shape index (κ3) is 6.01. The van der Waals surface area contributed by atoms with Gasteiger partial charge in [-0.15, -0.1) is 0 Å². The van der Waals surface area contributed by atoms with Crippen molar-refractivity contribution in [3.8, 4) is 11.5 Å². The molecular weight excluding hydrogens is 416 g/mol. The minimum absolute atomic E-state index is 0.0371. The van der Waals surface area contributed by atoms with Crippen LogP contribution in [0.3, 0.4) is 0 Å². The van der Waals surface area contributed by atoms with Crippen molar-refractivity contribution in [2.24, 2.45) is 0 Å². The first kappa shape index (κ1) is 22.8. The van der Waals surface area contributed by atoms with Gasteiger partial charge in [0.05, 0.1) is 30.2 Å². The summed E-state index contributed by atoms with van der Waals surface area (Å²) in [4.78, 5) is 12.7. The number of carbonyl (C=O) groups is 1. The van der Waals surface area contributed by atoms with E-state index in [9.17, 15) is 13.2 Å². The number of anilines is 2. The van der Waals surface area contributed by atoms with Gasteiger partial charge in [-0.2, -0.15) is 0 Å². The normalized spacial score (nSPS) is 12.4. The molecule has 0 saturated heterocycles. The minimum Gasteiger partial charge on any atom is -0.495 e. The molecule has 0 fully saturated rings. The number of ether oxygens (including phenoxy) is 2. The molecule has 9 heteroatoms. The first-order valence-corrected chi connectivity index (χ1v) is 11.2. The molecule has 1 N–H and O–H groups in total. The van der Waals surface area contributed by atoms with E-state index < -0.39 is 22.0 Å². The second-order valence-corrected chi connectivity index (χ2v) is 9.00. The van der Waals surface area contributed by atoms with Crippen LogP contribution in [0, 0.1) is 0 Å². The van der Waals surface area contributed by atoms with Crippen LogP contribution in [0.15, 0.2) is 42.5 Å². The van der Waals surface area contributed by atoms with E-state index in [0.29, 0.717) is 17.2 Å². The zero-order chi connectivity index (χ0) is 21.8. The van der Waals surface area contributed by atoms with E-state index in [-0.39, 0.29) is 16.8 Å². The molecule has 0 heterocycles. The monoisotopic (exact) mass is 440 g/mol. The molecular formula is C20H25ClN2O5S. The van der Waals surface area contributed by atoms with Gasteiger partial charge in [-0.05, 0) is 63.2 Å². The molecule has 158 valence electrons. The average molecular weight is 441 g/mol. The van der Waals surface area contributed by atoms with E-state index in [0.717, 1.165) is 10.6 Å². The zero-order valence-electron chi connectivity index (χ0n) is 17.0. The number of methoxy groups -OCH3 is 1. The zero-order valence-corrected chi connectivity index (χ0v) is 18.5. The lowest BCUT2D eigenvalue weighted by atomic mass is 10.2. The predicted octanol–water partition coefficient (Wildman–Crippen LogP) is 3.93. The smallest absolute Gasteiger partial charge is 0.247 e. The third-order valence-corrected chi connectivity index (χ3v) is 5.51. The summed E-state index contributed by atoms with van der Waals surface area (Å²) >= 11 is 6.13. The largest absolute Gasteiger partial charge is 0.495 e. The van der Waals surface area contributed by atoms with Gasteiger partial charge in [0.2, 0.25) is 15.9 Å². The fourth-order valence-corrected chi connectivity index (χ4v) is 4.16. The molecule has 0 aliphatic heterocycles. The summed E-state index contributed by atoms with van der Waals surface area (Å²) in [5, 5.41) is 2.97. The van der Waals surface area contributed by atoms with E-state index in [1.54, 1.807) is 30.3 Å². The first-order chi connectivity index (χ1) is 13.5. The van der Waals surface area contributed by atoms with Crippen LogP contribution >= 0.6 is 11.6 Å². The Bertz CT molecular complexity index is 961. The van der Waals surface area contributed by atoms with Crippen molar-refractivity contribution in [1.29, 1.82) is 0 Å². The van der Waals surface area contributed by atoms with Crippen LogP contribution in [0.2, 0.25) is 5.02 Å². The highest BCUT2D eigenvalue weighted by Gasteiger charge is 2.29. The molecule has 1 amide bonds. The van der Waals surface area contributed by atoms with Crippen LogP contribution in [0.4, 0.5) is 11.4 Å². The second-order valence-electron chi connectivity index (χ2n) is 6.73. The minimum atomic E-state index is -3.76. The third-order valence-electron chi connectivity index (χ3n) is 3.97. The van der Waals surface area contributed by atoms with E-state index in [1.807, 2.05) is 13.8 Å². The number of sulfonamides is 1. The van der Waals surface area contributed by atoms with Crippen LogP contribution in [-0.2, 0) is 14.8 Å². The predicted molar refractivity (Wildman–Crippen MR) is 116 cm³/mol. The Morgan fingerprint density at radius 2 is 1.72 bits per heavy atom. The maximum absolute atomic E-state index is 12.7. The lowest BCUT2D eigenvalue weighted by Crippen LogP contribution is -2.45. The van der Waals surface area contributed by atoms with Gasteiger partial charge in [-0.3, -0.25) is 9.10 Å². The number of halogens is 1. The van der Waals surface area contributed by atoms with Crippen LogP contribution in [-0.4, -0.2) is 39.8 Å². The standard InChI is InChI=1S/C20H25ClN2O5S/c1-13(2)28-17-9-6-15(7-10-17)22-20(24)14(3)23(29(5,25)26)16-8-11-19(27-4)18(21)12-16/h6-14H,1-5H3,(H,22,24)/t14-/m1/s1. The maximum Gasteiger partial charge on any atom is 0.247 e. The van der Waals surface area contributed by atoms with Gasteiger partial charge >= 0.3 is 0 Å². The van der Waals surface area contributed by atoms with Crippen LogP contribution in [0.5, 0.6) is 11.5 Å². The maximum atomic E-state index is 12.7. The molecule has 0 spiro atoms. The van der Waals surface area contributed by atoms with Gasteiger partial charge in [0, 0.05) is 5.69 Å². The number of nitrogens with zero attached hydrogens (tertiary/aromatic N) is 1. The van der Waals surface area contributed by atoms with Crippen molar-refractivity contribution in [2.75, 3.05) is 23.0 Å². The molecule has 2 rings (SSSR count). The first-order valence-electron chi connectivity index (χ1n) is 8.93. The number of nitrogens with one attached hydrogen (secondary N) is 1. The quantitative estimate of drug-likeness (QED) is 0.672. The van der Waals surface area contributed by atoms with E-state index in [1.165, 1.54) is 26.2 Å². The Morgan fingerprint density at radius 1 is 1.10 bits per heavy atom. The molecule has 0 aromatic heterocycles. The number of amides is 1. The summed E-state index contributed by atoms with van der Waals surface area (Å²) in [7, 11) is -2.30. The molecule has 0 saturated carbocycles. The van der Waals surface area contributed by atoms with Crippen LogP contribution < -0.4 is 19.1 Å². The van der Waals surface area contributed by atoms with Crippen LogP contribution in [0.1, 0.15) is 20.8 Å². The number of hydrogen-bond donors (Lipinski definition) is 1. The lowest BCUT2D eigenvalue weighted by molar-refractivity contribution is -0.116. The fourth-order valence-electron chi connectivity index (χ4n) is 2.74. The number of carbonyl (C=O) groups excluding carboxylic acids is 1. The summed E-state index contributed by atoms with van der Waals surface area (Å²) in [6, 6.07) is 10.4. The molecule has 29 heavy (non-hydrogen) atoms. The van der Waals surface area contributed by atoms with E-state index >= 15 is 0 Å². The Balaban J connectivity index is 2.24. The van der Waals surface area contributed by atoms with E-state index in [2.05, 4.69) is 5.32 Å². The van der Waals surface area contributed by atoms with E-state index in [4.69, 9.17) is 21.1 Å². The highest BCUT2D eigenvalue weighted by Crippen LogP contribution is 2.31. The van der Waals surface area contributed by atoms with Gasteiger partial charge in [-0.1, -0.05) is 11.6 Å². The summed E-state index contributed by atoms with van der Waals surface area (Å²) in [6.45, 7) is 5.34. The second kappa shape index (κ2) is 9.37. The van der Waals surface area contributed by atoms with Gasteiger partial charge in [0.25, 0.3) is 0 Å². The molecule has 0 radical (unpaired) electrons. The summed E-state index contributed by atoms with van der Waals surface area (Å²) in [6.07, 6.45) is 1.07. The SMILES string of the molecule is COc1ccc(N([C@H](C)C(=O)Nc2ccc(OC(C)C)cc2)S(C)(=O)=O)cc1Cl. The molecule has 1 atom stereocenters. The molecule has 0 aliphatic carbocycles. The molecule has 2 aromatic rings. The van der Waals surface area contributed by atoms with Crippen molar-refractivity contribution in [3.63, 3.8) is 0 Å². The summed E-state index contributed by atoms with van der Waals surface area (Å²) < 4.78 is 36.5. The highest BCUT2D eigenvalue weighted by molar-refractivity contribution is 7.92. The van der Waals surface area contributed by atoms with Crippen molar-refractivity contribution in [3.05, 3.63) is 47.5 Å². The van der Waals surface area contributed by atoms with Crippen molar-refractivity contribution < 1.29 is 22.7 Å². The topological polar surface area (TPSA) is 84.9 Å². The molecule has 0 unspecified atom stereocenters. The number of benzene rings is 2. The lowest BCUT2D eigenvalue weighted by Gasteiger charge is -2.28. The van der Waals surface area contributed by atoms with Crippen LogP contribution in [0.25, 0.3) is 0 Å². The Morgan fingerprint density at radius 3 is 2.21 bits per heavy atom. The van der Waals surface area contributed by atoms with Gasteiger partial charge in [-0.25, -0.2) is 8.42 Å². The summed E-state index contributed by atoms with van der Waals surface area (Å²) in [5.74, 6) is 0.598. The van der Waals surface area contributed by atoms with Crippen molar-refractivity contribution >= 4 is 38.9 Å². The van der Waals surface area contributed by atoms with Crippen molar-refractivity contribution in [1.82, 2.24) is 0 Å². The Kier molecular flexibility index (Phi) is 7.37. The number of rotatable bonds is 8. The highest BCUT2D eigenvalue weighted by atomic mass is 35.5. The molecule has 0 bridgehead atoms. The Labute approximate surface area is 176 Å².